The first-order chi connectivity index (χ1) is 10.5. The van der Waals surface area contributed by atoms with Gasteiger partial charge in [-0.05, 0) is 24.5 Å². The molecular weight excluding hydrogens is 280 g/mol. The van der Waals surface area contributed by atoms with Crippen molar-refractivity contribution < 1.29 is 9.90 Å². The number of nitrogens with zero attached hydrogens (tertiary/aromatic N) is 3. The van der Waals surface area contributed by atoms with Gasteiger partial charge in [0.25, 0.3) is 5.91 Å². The molecule has 2 rings (SSSR count). The third-order valence-electron chi connectivity index (χ3n) is 3.25. The van der Waals surface area contributed by atoms with Crippen LogP contribution in [0.15, 0.2) is 30.6 Å². The Kier molecular flexibility index (Phi) is 5.27. The van der Waals surface area contributed by atoms with E-state index in [4.69, 9.17) is 0 Å². The number of benzene rings is 1. The van der Waals surface area contributed by atoms with Gasteiger partial charge in [-0.25, -0.2) is 4.98 Å². The van der Waals surface area contributed by atoms with Crippen molar-refractivity contribution in [3.05, 3.63) is 36.2 Å². The Balaban J connectivity index is 1.94. The van der Waals surface area contributed by atoms with Crippen LogP contribution in [0.3, 0.4) is 0 Å². The molecule has 6 nitrogen and oxygen atoms in total. The lowest BCUT2D eigenvalue weighted by Crippen LogP contribution is -2.32. The van der Waals surface area contributed by atoms with Crippen LogP contribution in [-0.4, -0.2) is 38.4 Å². The van der Waals surface area contributed by atoms with Crippen molar-refractivity contribution in [2.45, 2.75) is 26.4 Å². The van der Waals surface area contributed by atoms with Crippen LogP contribution in [0.4, 0.5) is 0 Å². The maximum Gasteiger partial charge on any atom is 0.251 e. The van der Waals surface area contributed by atoms with E-state index < -0.39 is 6.10 Å². The fourth-order valence-corrected chi connectivity index (χ4v) is 2.18. The molecule has 0 saturated carbocycles. The normalized spacial score (nSPS) is 12.4. The summed E-state index contributed by atoms with van der Waals surface area (Å²) >= 11 is 0. The second-order valence-electron chi connectivity index (χ2n) is 5.81. The Labute approximate surface area is 130 Å². The highest BCUT2D eigenvalue weighted by molar-refractivity contribution is 5.94. The minimum atomic E-state index is -0.513. The lowest BCUT2D eigenvalue weighted by atomic mass is 10.1. The van der Waals surface area contributed by atoms with Crippen LogP contribution in [0.5, 0.6) is 0 Å². The molecule has 1 aromatic carbocycles. The van der Waals surface area contributed by atoms with E-state index in [2.05, 4.69) is 15.4 Å². The molecule has 1 atom stereocenters. The number of nitrogens with one attached hydrogen (secondary N) is 1. The van der Waals surface area contributed by atoms with E-state index in [0.29, 0.717) is 23.7 Å². The SMILES string of the molecule is CC(C)CC(O)CNC(=O)c1ccc(-c2ncn(C)n2)cc1. The summed E-state index contributed by atoms with van der Waals surface area (Å²) in [6.07, 6.45) is 1.79. The van der Waals surface area contributed by atoms with Crippen LogP contribution < -0.4 is 5.32 Å². The summed E-state index contributed by atoms with van der Waals surface area (Å²) in [7, 11) is 1.81. The lowest BCUT2D eigenvalue weighted by Gasteiger charge is -2.13. The summed E-state index contributed by atoms with van der Waals surface area (Å²) in [5.74, 6) is 0.835. The van der Waals surface area contributed by atoms with Crippen molar-refractivity contribution in [3.63, 3.8) is 0 Å². The summed E-state index contributed by atoms with van der Waals surface area (Å²) < 4.78 is 1.63. The third-order valence-corrected chi connectivity index (χ3v) is 3.25. The van der Waals surface area contributed by atoms with Gasteiger partial charge in [-0.1, -0.05) is 26.0 Å². The molecule has 1 aromatic heterocycles. The van der Waals surface area contributed by atoms with E-state index in [-0.39, 0.29) is 12.5 Å². The van der Waals surface area contributed by atoms with E-state index >= 15 is 0 Å². The summed E-state index contributed by atoms with van der Waals surface area (Å²) in [6, 6.07) is 7.09. The van der Waals surface area contributed by atoms with Crippen molar-refractivity contribution in [2.75, 3.05) is 6.54 Å². The van der Waals surface area contributed by atoms with E-state index in [0.717, 1.165) is 5.56 Å². The van der Waals surface area contributed by atoms with Crippen LogP contribution in [0.2, 0.25) is 0 Å². The van der Waals surface area contributed by atoms with Gasteiger partial charge in [-0.3, -0.25) is 9.48 Å². The fraction of sp³-hybridized carbons (Fsp3) is 0.438. The molecule has 0 bridgehead atoms. The summed E-state index contributed by atoms with van der Waals surface area (Å²) in [5.41, 5.74) is 1.41. The molecule has 0 spiro atoms. The predicted molar refractivity (Wildman–Crippen MR) is 84.2 cm³/mol. The van der Waals surface area contributed by atoms with Crippen LogP contribution >= 0.6 is 0 Å². The first-order valence-corrected chi connectivity index (χ1v) is 7.38. The first-order valence-electron chi connectivity index (χ1n) is 7.38. The first kappa shape index (κ1) is 16.2. The molecule has 1 unspecified atom stereocenters. The highest BCUT2D eigenvalue weighted by Crippen LogP contribution is 2.15. The number of amides is 1. The number of aliphatic hydroxyl groups excluding tert-OH is 1. The monoisotopic (exact) mass is 302 g/mol. The zero-order valence-corrected chi connectivity index (χ0v) is 13.2. The number of hydrogen-bond donors (Lipinski definition) is 2. The number of carbonyl (C=O) groups is 1. The molecule has 2 N–H and O–H groups in total. The van der Waals surface area contributed by atoms with Gasteiger partial charge in [-0.2, -0.15) is 5.10 Å². The Morgan fingerprint density at radius 1 is 1.32 bits per heavy atom. The third kappa shape index (κ3) is 4.39. The molecular formula is C16H22N4O2. The van der Waals surface area contributed by atoms with Crippen molar-refractivity contribution >= 4 is 5.91 Å². The average Bonchev–Trinajstić information content (AvgIpc) is 2.91. The van der Waals surface area contributed by atoms with Gasteiger partial charge in [0.05, 0.1) is 6.10 Å². The van der Waals surface area contributed by atoms with E-state index in [1.54, 1.807) is 30.2 Å². The predicted octanol–water partition coefficient (Wildman–Crippen LogP) is 1.62. The Bertz CT molecular complexity index is 619. The summed E-state index contributed by atoms with van der Waals surface area (Å²) in [4.78, 5) is 16.2. The number of aliphatic hydroxyl groups is 1. The average molecular weight is 302 g/mol. The van der Waals surface area contributed by atoms with Gasteiger partial charge in [0.15, 0.2) is 5.82 Å². The van der Waals surface area contributed by atoms with E-state index in [9.17, 15) is 9.90 Å². The van der Waals surface area contributed by atoms with E-state index in [1.807, 2.05) is 26.0 Å². The zero-order valence-electron chi connectivity index (χ0n) is 13.2. The standard InChI is InChI=1S/C16H22N4O2/c1-11(2)8-14(21)9-17-16(22)13-6-4-12(5-7-13)15-18-10-20(3)19-15/h4-7,10-11,14,21H,8-9H2,1-3H3,(H,17,22). The minimum Gasteiger partial charge on any atom is -0.391 e. The Hall–Kier alpha value is -2.21. The second-order valence-corrected chi connectivity index (χ2v) is 5.81. The van der Waals surface area contributed by atoms with Crippen molar-refractivity contribution in [1.82, 2.24) is 20.1 Å². The van der Waals surface area contributed by atoms with Crippen LogP contribution in [0.1, 0.15) is 30.6 Å². The molecule has 118 valence electrons. The quantitative estimate of drug-likeness (QED) is 0.849. The largest absolute Gasteiger partial charge is 0.391 e. The molecule has 0 fully saturated rings. The molecule has 1 heterocycles. The van der Waals surface area contributed by atoms with Crippen molar-refractivity contribution in [3.8, 4) is 11.4 Å². The molecule has 0 radical (unpaired) electrons. The molecule has 0 aliphatic carbocycles. The summed E-state index contributed by atoms with van der Waals surface area (Å²) in [6.45, 7) is 4.34. The van der Waals surface area contributed by atoms with E-state index in [1.165, 1.54) is 0 Å². The number of rotatable bonds is 6. The number of aromatic nitrogens is 3. The van der Waals surface area contributed by atoms with Gasteiger partial charge in [0.1, 0.15) is 6.33 Å². The van der Waals surface area contributed by atoms with Crippen molar-refractivity contribution in [2.24, 2.45) is 13.0 Å². The molecule has 22 heavy (non-hydrogen) atoms. The minimum absolute atomic E-state index is 0.191. The van der Waals surface area contributed by atoms with Crippen LogP contribution in [0.25, 0.3) is 11.4 Å². The van der Waals surface area contributed by atoms with Gasteiger partial charge in [-0.15, -0.1) is 0 Å². The zero-order chi connectivity index (χ0) is 16.1. The fourth-order valence-electron chi connectivity index (χ4n) is 2.18. The molecule has 6 heteroatoms. The summed E-state index contributed by atoms with van der Waals surface area (Å²) in [5, 5.41) is 16.7. The van der Waals surface area contributed by atoms with Gasteiger partial charge in [0, 0.05) is 24.7 Å². The van der Waals surface area contributed by atoms with Crippen LogP contribution in [-0.2, 0) is 7.05 Å². The van der Waals surface area contributed by atoms with Gasteiger partial charge < -0.3 is 10.4 Å². The topological polar surface area (TPSA) is 80.0 Å². The van der Waals surface area contributed by atoms with Crippen molar-refractivity contribution in [1.29, 1.82) is 0 Å². The highest BCUT2D eigenvalue weighted by Gasteiger charge is 2.11. The molecule has 0 saturated heterocycles. The maximum atomic E-state index is 12.0. The molecule has 0 aliphatic rings. The number of aryl methyl sites for hydroxylation is 1. The molecule has 0 aliphatic heterocycles. The molecule has 2 aromatic rings. The molecule has 1 amide bonds. The Morgan fingerprint density at radius 2 is 2.00 bits per heavy atom. The second kappa shape index (κ2) is 7.17. The number of carbonyl (C=O) groups excluding carboxylic acids is 1. The highest BCUT2D eigenvalue weighted by atomic mass is 16.3. The van der Waals surface area contributed by atoms with Gasteiger partial charge in [0.2, 0.25) is 0 Å². The Morgan fingerprint density at radius 3 is 2.55 bits per heavy atom. The lowest BCUT2D eigenvalue weighted by molar-refractivity contribution is 0.0900. The van der Waals surface area contributed by atoms with Crippen LogP contribution in [0, 0.1) is 5.92 Å². The smallest absolute Gasteiger partial charge is 0.251 e. The number of hydrogen-bond acceptors (Lipinski definition) is 4. The van der Waals surface area contributed by atoms with Gasteiger partial charge >= 0.3 is 0 Å². The maximum absolute atomic E-state index is 12.0.